The molecule has 0 fully saturated rings. The number of esters is 1. The number of ether oxygens (including phenoxy) is 2. The van der Waals surface area contributed by atoms with Crippen LogP contribution >= 0.6 is 0 Å². The summed E-state index contributed by atoms with van der Waals surface area (Å²) in [5, 5.41) is 6.07. The molecule has 2 N–H and O–H groups in total. The van der Waals surface area contributed by atoms with E-state index < -0.39 is 11.6 Å². The molecule has 0 unspecified atom stereocenters. The molecule has 0 bridgehead atoms. The van der Waals surface area contributed by atoms with Crippen LogP contribution in [-0.4, -0.2) is 35.7 Å². The van der Waals surface area contributed by atoms with Gasteiger partial charge in [-0.3, -0.25) is 4.90 Å². The predicted octanol–water partition coefficient (Wildman–Crippen LogP) is 5.21. The number of benzene rings is 2. The number of nitrogens with zero attached hydrogens (tertiary/aromatic N) is 2. The Kier molecular flexibility index (Phi) is 6.17. The zero-order valence-corrected chi connectivity index (χ0v) is 18.8. The zero-order chi connectivity index (χ0) is 23.4. The first-order chi connectivity index (χ1) is 15.8. The molecule has 2 heterocycles. The van der Waals surface area contributed by atoms with Crippen molar-refractivity contribution in [1.82, 2.24) is 4.98 Å². The van der Waals surface area contributed by atoms with Crippen molar-refractivity contribution in [3.63, 3.8) is 0 Å². The van der Waals surface area contributed by atoms with Crippen molar-refractivity contribution in [2.75, 3.05) is 28.7 Å². The van der Waals surface area contributed by atoms with Gasteiger partial charge in [0.05, 0.1) is 12.1 Å². The highest BCUT2D eigenvalue weighted by Gasteiger charge is 2.26. The number of para-hydroxylation sites is 1. The quantitative estimate of drug-likeness (QED) is 0.535. The first-order valence-corrected chi connectivity index (χ1v) is 10.7. The van der Waals surface area contributed by atoms with Crippen molar-refractivity contribution in [3.8, 4) is 5.75 Å². The number of nitrogens with one attached hydrogen (secondary N) is 2. The summed E-state index contributed by atoms with van der Waals surface area (Å²) < 4.78 is 11.1. The third-order valence-electron chi connectivity index (χ3n) is 4.71. The number of urea groups is 1. The Balaban J connectivity index is 1.53. The van der Waals surface area contributed by atoms with Crippen molar-refractivity contribution < 1.29 is 19.1 Å². The maximum Gasteiger partial charge on any atom is 0.338 e. The van der Waals surface area contributed by atoms with Gasteiger partial charge in [-0.05, 0) is 63.2 Å². The van der Waals surface area contributed by atoms with Crippen LogP contribution in [0.3, 0.4) is 0 Å². The van der Waals surface area contributed by atoms with E-state index in [4.69, 9.17) is 9.47 Å². The second-order valence-electron chi connectivity index (χ2n) is 8.52. The first-order valence-electron chi connectivity index (χ1n) is 10.7. The van der Waals surface area contributed by atoms with E-state index in [1.165, 1.54) is 0 Å². The maximum atomic E-state index is 12.9. The number of aromatic nitrogens is 1. The summed E-state index contributed by atoms with van der Waals surface area (Å²) in [7, 11) is 0. The van der Waals surface area contributed by atoms with Gasteiger partial charge in [0.1, 0.15) is 18.0 Å². The number of carbonyl (C=O) groups is 2. The van der Waals surface area contributed by atoms with E-state index in [2.05, 4.69) is 15.6 Å². The molecule has 1 aromatic heterocycles. The Morgan fingerprint density at radius 3 is 2.52 bits per heavy atom. The number of rotatable bonds is 4. The summed E-state index contributed by atoms with van der Waals surface area (Å²) in [4.78, 5) is 31.4. The number of carbonyl (C=O) groups excluding carboxylic acids is 2. The van der Waals surface area contributed by atoms with Crippen LogP contribution in [0.25, 0.3) is 0 Å². The molecule has 8 heteroatoms. The van der Waals surface area contributed by atoms with Gasteiger partial charge >= 0.3 is 12.0 Å². The minimum atomic E-state index is -0.579. The highest BCUT2D eigenvalue weighted by Crippen LogP contribution is 2.32. The average molecular weight is 447 g/mol. The van der Waals surface area contributed by atoms with Crippen molar-refractivity contribution in [2.45, 2.75) is 26.4 Å². The lowest BCUT2D eigenvalue weighted by atomic mass is 10.1. The second-order valence-corrected chi connectivity index (χ2v) is 8.52. The van der Waals surface area contributed by atoms with Gasteiger partial charge in [0.15, 0.2) is 11.6 Å². The van der Waals surface area contributed by atoms with Gasteiger partial charge in [-0.1, -0.05) is 24.3 Å². The molecule has 170 valence electrons. The van der Waals surface area contributed by atoms with Crippen LogP contribution in [-0.2, 0) is 4.74 Å². The first kappa shape index (κ1) is 22.1. The van der Waals surface area contributed by atoms with E-state index in [0.717, 1.165) is 0 Å². The number of fused-ring (bicyclic) bond motifs is 1. The molecule has 0 radical (unpaired) electrons. The monoisotopic (exact) mass is 446 g/mol. The fraction of sp³-hybridized carbons (Fsp3) is 0.240. The minimum Gasteiger partial charge on any atom is -0.488 e. The smallest absolute Gasteiger partial charge is 0.338 e. The molecule has 0 aliphatic carbocycles. The largest absolute Gasteiger partial charge is 0.488 e. The molecule has 4 rings (SSSR count). The molecule has 3 aromatic rings. The van der Waals surface area contributed by atoms with Crippen LogP contribution in [0.1, 0.15) is 31.1 Å². The lowest BCUT2D eigenvalue weighted by Crippen LogP contribution is -2.41. The fourth-order valence-corrected chi connectivity index (χ4v) is 3.28. The predicted molar refractivity (Wildman–Crippen MR) is 127 cm³/mol. The number of hydrogen-bond acceptors (Lipinski definition) is 6. The molecule has 0 spiro atoms. The van der Waals surface area contributed by atoms with E-state index in [1.807, 2.05) is 57.2 Å². The topological polar surface area (TPSA) is 92.8 Å². The molecule has 0 saturated carbocycles. The molecule has 1 aliphatic heterocycles. The molecule has 1 aliphatic rings. The SMILES string of the molecule is CC(C)(C)OC(=O)c1cccc(Nc2ccc3c(n2)N(C(=O)Nc2ccccc2)CCO3)c1. The second kappa shape index (κ2) is 9.20. The molecule has 0 saturated heterocycles. The Bertz CT molecular complexity index is 1160. The molecule has 33 heavy (non-hydrogen) atoms. The number of amides is 2. The van der Waals surface area contributed by atoms with Gasteiger partial charge in [-0.2, -0.15) is 0 Å². The van der Waals surface area contributed by atoms with Gasteiger partial charge in [0, 0.05) is 11.4 Å². The maximum absolute atomic E-state index is 12.9. The van der Waals surface area contributed by atoms with Crippen LogP contribution in [0.5, 0.6) is 5.75 Å². The summed E-state index contributed by atoms with van der Waals surface area (Å²) in [5.74, 6) is 1.06. The number of hydrogen-bond donors (Lipinski definition) is 2. The number of anilines is 4. The zero-order valence-electron chi connectivity index (χ0n) is 18.8. The summed E-state index contributed by atoms with van der Waals surface area (Å²) in [6.45, 7) is 6.22. The highest BCUT2D eigenvalue weighted by molar-refractivity contribution is 6.02. The van der Waals surface area contributed by atoms with Crippen molar-refractivity contribution >= 4 is 35.0 Å². The summed E-state index contributed by atoms with van der Waals surface area (Å²) in [6.07, 6.45) is 0. The van der Waals surface area contributed by atoms with Crippen molar-refractivity contribution in [3.05, 3.63) is 72.3 Å². The third kappa shape index (κ3) is 5.60. The van der Waals surface area contributed by atoms with Crippen LogP contribution in [0.2, 0.25) is 0 Å². The third-order valence-corrected chi connectivity index (χ3v) is 4.71. The summed E-state index contributed by atoms with van der Waals surface area (Å²) in [5.41, 5.74) is 1.22. The highest BCUT2D eigenvalue weighted by atomic mass is 16.6. The Labute approximate surface area is 192 Å². The van der Waals surface area contributed by atoms with Crippen LogP contribution in [0.4, 0.5) is 27.8 Å². The van der Waals surface area contributed by atoms with Crippen LogP contribution < -0.4 is 20.3 Å². The van der Waals surface area contributed by atoms with Crippen molar-refractivity contribution in [2.24, 2.45) is 0 Å². The van der Waals surface area contributed by atoms with E-state index in [1.54, 1.807) is 35.2 Å². The Morgan fingerprint density at radius 1 is 1.00 bits per heavy atom. The standard InChI is InChI=1S/C25H26N4O4/c1-25(2,3)33-23(30)17-8-7-11-19(16-17)26-21-13-12-20-22(28-21)29(14-15-32-20)24(31)27-18-9-5-4-6-10-18/h4-13,16H,14-15H2,1-3H3,(H,26,28)(H,27,31). The van der Waals surface area contributed by atoms with E-state index >= 15 is 0 Å². The summed E-state index contributed by atoms with van der Waals surface area (Å²) >= 11 is 0. The molecule has 2 amide bonds. The summed E-state index contributed by atoms with van der Waals surface area (Å²) in [6, 6.07) is 19.5. The van der Waals surface area contributed by atoms with E-state index in [0.29, 0.717) is 47.5 Å². The molecular formula is C25H26N4O4. The molecular weight excluding hydrogens is 420 g/mol. The Morgan fingerprint density at radius 2 is 1.76 bits per heavy atom. The molecule has 2 aromatic carbocycles. The van der Waals surface area contributed by atoms with Gasteiger partial charge < -0.3 is 20.1 Å². The normalized spacial score (nSPS) is 12.9. The van der Waals surface area contributed by atoms with Gasteiger partial charge in [0.2, 0.25) is 0 Å². The molecule has 0 atom stereocenters. The van der Waals surface area contributed by atoms with Gasteiger partial charge in [-0.25, -0.2) is 14.6 Å². The van der Waals surface area contributed by atoms with E-state index in [-0.39, 0.29) is 6.03 Å². The van der Waals surface area contributed by atoms with E-state index in [9.17, 15) is 9.59 Å². The van der Waals surface area contributed by atoms with Crippen LogP contribution in [0, 0.1) is 0 Å². The van der Waals surface area contributed by atoms with Gasteiger partial charge in [-0.15, -0.1) is 0 Å². The lowest BCUT2D eigenvalue weighted by molar-refractivity contribution is 0.00695. The van der Waals surface area contributed by atoms with Gasteiger partial charge in [0.25, 0.3) is 0 Å². The minimum absolute atomic E-state index is 0.290. The molecule has 8 nitrogen and oxygen atoms in total. The average Bonchev–Trinajstić information content (AvgIpc) is 2.78. The van der Waals surface area contributed by atoms with Crippen molar-refractivity contribution in [1.29, 1.82) is 0 Å². The Hall–Kier alpha value is -4.07. The fourth-order valence-electron chi connectivity index (χ4n) is 3.28. The van der Waals surface area contributed by atoms with Crippen LogP contribution in [0.15, 0.2) is 66.7 Å². The lowest BCUT2D eigenvalue weighted by Gasteiger charge is -2.28. The number of pyridine rings is 1.